The maximum absolute atomic E-state index is 12.8. The van der Waals surface area contributed by atoms with Crippen LogP contribution in [-0.4, -0.2) is 18.2 Å². The molecule has 0 saturated carbocycles. The normalized spacial score (nSPS) is 11.7. The number of hydrogen-bond acceptors (Lipinski definition) is 2. The number of amides is 1. The van der Waals surface area contributed by atoms with Crippen LogP contribution < -0.4 is 5.32 Å². The molecule has 1 amide bonds. The first-order valence-electron chi connectivity index (χ1n) is 7.66. The topological polar surface area (TPSA) is 46.2 Å². The van der Waals surface area contributed by atoms with E-state index in [-0.39, 0.29) is 36.3 Å². The first-order valence-corrected chi connectivity index (χ1v) is 7.66. The van der Waals surface area contributed by atoms with Crippen LogP contribution in [0.4, 0.5) is 4.39 Å². The number of halogens is 1. The van der Waals surface area contributed by atoms with Crippen LogP contribution in [0, 0.1) is 5.82 Å². The highest BCUT2D eigenvalue weighted by Gasteiger charge is 2.11. The van der Waals surface area contributed by atoms with Crippen molar-refractivity contribution in [1.29, 1.82) is 0 Å². The van der Waals surface area contributed by atoms with Crippen LogP contribution in [0.5, 0.6) is 0 Å². The summed E-state index contributed by atoms with van der Waals surface area (Å²) in [6, 6.07) is 15.3. The summed E-state index contributed by atoms with van der Waals surface area (Å²) >= 11 is 0. The second-order valence-corrected chi connectivity index (χ2v) is 5.55. The van der Waals surface area contributed by atoms with Crippen molar-refractivity contribution in [1.82, 2.24) is 5.32 Å². The Labute approximate surface area is 135 Å². The Balaban J connectivity index is 1.75. The highest BCUT2D eigenvalue weighted by Crippen LogP contribution is 2.13. The van der Waals surface area contributed by atoms with Gasteiger partial charge in [0.1, 0.15) is 5.82 Å². The Morgan fingerprint density at radius 2 is 1.65 bits per heavy atom. The van der Waals surface area contributed by atoms with Crippen molar-refractivity contribution in [2.45, 2.75) is 25.7 Å². The van der Waals surface area contributed by atoms with Crippen LogP contribution in [0.3, 0.4) is 0 Å². The van der Waals surface area contributed by atoms with Crippen molar-refractivity contribution in [3.05, 3.63) is 71.5 Å². The van der Waals surface area contributed by atoms with Gasteiger partial charge in [0, 0.05) is 24.9 Å². The summed E-state index contributed by atoms with van der Waals surface area (Å²) in [6.07, 6.45) is 0.259. The molecular formula is C19H20FNO2. The van der Waals surface area contributed by atoms with Crippen molar-refractivity contribution in [3.8, 4) is 0 Å². The Morgan fingerprint density at radius 1 is 1.00 bits per heavy atom. The summed E-state index contributed by atoms with van der Waals surface area (Å²) in [5.41, 5.74) is 1.59. The standard InChI is InChI=1S/C19H20FNO2/c1-14(15-5-3-2-4-6-15)13-21-19(23)12-11-18(22)16-7-9-17(20)10-8-16/h2-10,14H,11-13H2,1H3,(H,21,23)/t14-/m0/s1. The molecule has 0 aromatic heterocycles. The number of Topliss-reactive ketones (excluding diaryl/α,β-unsaturated/α-hetero) is 1. The third-order valence-electron chi connectivity index (χ3n) is 3.72. The maximum atomic E-state index is 12.8. The lowest BCUT2D eigenvalue weighted by Crippen LogP contribution is -2.27. The van der Waals surface area contributed by atoms with Gasteiger partial charge in [0.2, 0.25) is 5.91 Å². The summed E-state index contributed by atoms with van der Waals surface area (Å²) < 4.78 is 12.8. The highest BCUT2D eigenvalue weighted by molar-refractivity contribution is 5.97. The lowest BCUT2D eigenvalue weighted by Gasteiger charge is -2.13. The van der Waals surface area contributed by atoms with Crippen LogP contribution in [0.15, 0.2) is 54.6 Å². The van der Waals surface area contributed by atoms with E-state index in [2.05, 4.69) is 5.32 Å². The summed E-state index contributed by atoms with van der Waals surface area (Å²) in [7, 11) is 0. The lowest BCUT2D eigenvalue weighted by atomic mass is 10.0. The smallest absolute Gasteiger partial charge is 0.220 e. The molecule has 2 aromatic carbocycles. The van der Waals surface area contributed by atoms with E-state index in [1.54, 1.807) is 0 Å². The molecule has 0 aliphatic rings. The third-order valence-corrected chi connectivity index (χ3v) is 3.72. The van der Waals surface area contributed by atoms with Gasteiger partial charge in [-0.1, -0.05) is 37.3 Å². The van der Waals surface area contributed by atoms with E-state index in [1.165, 1.54) is 24.3 Å². The molecule has 4 heteroatoms. The molecule has 0 unspecified atom stereocenters. The summed E-state index contributed by atoms with van der Waals surface area (Å²) in [4.78, 5) is 23.8. The van der Waals surface area contributed by atoms with Crippen molar-refractivity contribution < 1.29 is 14.0 Å². The van der Waals surface area contributed by atoms with Crippen molar-refractivity contribution in [2.75, 3.05) is 6.54 Å². The van der Waals surface area contributed by atoms with E-state index >= 15 is 0 Å². The first-order chi connectivity index (χ1) is 11.1. The molecule has 0 bridgehead atoms. The van der Waals surface area contributed by atoms with E-state index in [1.807, 2.05) is 37.3 Å². The molecular weight excluding hydrogens is 293 g/mol. The minimum atomic E-state index is -0.380. The zero-order chi connectivity index (χ0) is 16.7. The van der Waals surface area contributed by atoms with Gasteiger partial charge in [-0.25, -0.2) is 4.39 Å². The Bertz CT molecular complexity index is 653. The lowest BCUT2D eigenvalue weighted by molar-refractivity contribution is -0.121. The molecule has 0 fully saturated rings. The fourth-order valence-electron chi connectivity index (χ4n) is 2.26. The molecule has 0 saturated heterocycles. The second kappa shape index (κ2) is 8.22. The Kier molecular flexibility index (Phi) is 6.03. The molecule has 0 radical (unpaired) electrons. The summed E-state index contributed by atoms with van der Waals surface area (Å²) in [5, 5.41) is 2.85. The Morgan fingerprint density at radius 3 is 2.30 bits per heavy atom. The monoisotopic (exact) mass is 313 g/mol. The van der Waals surface area contributed by atoms with Gasteiger partial charge < -0.3 is 5.32 Å². The number of carbonyl (C=O) groups excluding carboxylic acids is 2. The SMILES string of the molecule is C[C@@H](CNC(=O)CCC(=O)c1ccc(F)cc1)c1ccccc1. The molecule has 2 rings (SSSR count). The zero-order valence-electron chi connectivity index (χ0n) is 13.1. The molecule has 23 heavy (non-hydrogen) atoms. The summed E-state index contributed by atoms with van der Waals surface area (Å²) in [5.74, 6) is -0.471. The predicted octanol–water partition coefficient (Wildman–Crippen LogP) is 3.71. The number of benzene rings is 2. The van der Waals surface area contributed by atoms with Crippen LogP contribution in [-0.2, 0) is 4.79 Å². The van der Waals surface area contributed by atoms with Gasteiger partial charge in [0.05, 0.1) is 0 Å². The van der Waals surface area contributed by atoms with E-state index in [9.17, 15) is 14.0 Å². The van der Waals surface area contributed by atoms with Crippen LogP contribution >= 0.6 is 0 Å². The van der Waals surface area contributed by atoms with Gasteiger partial charge in [-0.05, 0) is 35.7 Å². The minimum Gasteiger partial charge on any atom is -0.355 e. The fraction of sp³-hybridized carbons (Fsp3) is 0.263. The number of rotatable bonds is 7. The van der Waals surface area contributed by atoms with Crippen LogP contribution in [0.25, 0.3) is 0 Å². The number of nitrogens with one attached hydrogen (secondary N) is 1. The van der Waals surface area contributed by atoms with Gasteiger partial charge >= 0.3 is 0 Å². The van der Waals surface area contributed by atoms with E-state index in [0.717, 1.165) is 5.56 Å². The van der Waals surface area contributed by atoms with Gasteiger partial charge in [0.15, 0.2) is 5.78 Å². The summed E-state index contributed by atoms with van der Waals surface area (Å²) in [6.45, 7) is 2.58. The predicted molar refractivity (Wildman–Crippen MR) is 87.8 cm³/mol. The zero-order valence-corrected chi connectivity index (χ0v) is 13.1. The van der Waals surface area contributed by atoms with Crippen molar-refractivity contribution in [2.24, 2.45) is 0 Å². The fourth-order valence-corrected chi connectivity index (χ4v) is 2.26. The van der Waals surface area contributed by atoms with Gasteiger partial charge in [-0.2, -0.15) is 0 Å². The molecule has 0 aliphatic heterocycles. The van der Waals surface area contributed by atoms with E-state index in [0.29, 0.717) is 12.1 Å². The number of carbonyl (C=O) groups is 2. The molecule has 0 heterocycles. The van der Waals surface area contributed by atoms with Gasteiger partial charge in [0.25, 0.3) is 0 Å². The van der Waals surface area contributed by atoms with Crippen LogP contribution in [0.1, 0.15) is 41.6 Å². The molecule has 1 N–H and O–H groups in total. The molecule has 0 aliphatic carbocycles. The van der Waals surface area contributed by atoms with E-state index in [4.69, 9.17) is 0 Å². The number of hydrogen-bond donors (Lipinski definition) is 1. The molecule has 1 atom stereocenters. The molecule has 3 nitrogen and oxygen atoms in total. The minimum absolute atomic E-state index is 0.122. The maximum Gasteiger partial charge on any atom is 0.220 e. The second-order valence-electron chi connectivity index (χ2n) is 5.55. The number of ketones is 1. The van der Waals surface area contributed by atoms with Gasteiger partial charge in [-0.3, -0.25) is 9.59 Å². The largest absolute Gasteiger partial charge is 0.355 e. The Hall–Kier alpha value is -2.49. The molecule has 0 spiro atoms. The third kappa shape index (κ3) is 5.33. The first kappa shape index (κ1) is 16.9. The van der Waals surface area contributed by atoms with Crippen molar-refractivity contribution >= 4 is 11.7 Å². The molecule has 2 aromatic rings. The van der Waals surface area contributed by atoms with Gasteiger partial charge in [-0.15, -0.1) is 0 Å². The molecule has 120 valence electrons. The van der Waals surface area contributed by atoms with Crippen molar-refractivity contribution in [3.63, 3.8) is 0 Å². The highest BCUT2D eigenvalue weighted by atomic mass is 19.1. The van der Waals surface area contributed by atoms with Crippen LogP contribution in [0.2, 0.25) is 0 Å². The quantitative estimate of drug-likeness (QED) is 0.792. The average Bonchev–Trinajstić information content (AvgIpc) is 2.59. The van der Waals surface area contributed by atoms with E-state index < -0.39 is 0 Å². The average molecular weight is 313 g/mol.